The van der Waals surface area contributed by atoms with Crippen LogP contribution in [0, 0.1) is 0 Å². The summed E-state index contributed by atoms with van der Waals surface area (Å²) in [6.07, 6.45) is 2.21. The number of hydrogen-bond acceptors (Lipinski definition) is 2. The summed E-state index contributed by atoms with van der Waals surface area (Å²) in [4.78, 5) is 22.3. The molecule has 5 nitrogen and oxygen atoms in total. The average Bonchev–Trinajstić information content (AvgIpc) is 2.78. The molecule has 0 saturated carbocycles. The summed E-state index contributed by atoms with van der Waals surface area (Å²) >= 11 is 0. The topological polar surface area (TPSA) is 78.4 Å². The first-order chi connectivity index (χ1) is 9.54. The van der Waals surface area contributed by atoms with Gasteiger partial charge in [-0.1, -0.05) is 24.3 Å². The molecule has 1 aromatic carbocycles. The second-order valence-corrected chi connectivity index (χ2v) is 5.33. The number of nitrogens with one attached hydrogen (secondary N) is 2. The van der Waals surface area contributed by atoms with Crippen molar-refractivity contribution < 1.29 is 14.7 Å². The van der Waals surface area contributed by atoms with Crippen LogP contribution in [0.2, 0.25) is 0 Å². The fourth-order valence-electron chi connectivity index (χ4n) is 2.52. The van der Waals surface area contributed by atoms with E-state index >= 15 is 0 Å². The van der Waals surface area contributed by atoms with Crippen molar-refractivity contribution in [2.24, 2.45) is 0 Å². The van der Waals surface area contributed by atoms with E-state index in [9.17, 15) is 9.59 Å². The third-order valence-corrected chi connectivity index (χ3v) is 3.55. The van der Waals surface area contributed by atoms with Gasteiger partial charge in [-0.2, -0.15) is 0 Å². The van der Waals surface area contributed by atoms with E-state index in [4.69, 9.17) is 5.11 Å². The van der Waals surface area contributed by atoms with Crippen molar-refractivity contribution in [1.29, 1.82) is 0 Å². The van der Waals surface area contributed by atoms with Crippen LogP contribution in [0.4, 0.5) is 4.79 Å². The monoisotopic (exact) mass is 276 g/mol. The molecule has 0 heterocycles. The minimum absolute atomic E-state index is 0.0658. The predicted octanol–water partition coefficient (Wildman–Crippen LogP) is 1.71. The van der Waals surface area contributed by atoms with Crippen molar-refractivity contribution >= 4 is 12.0 Å². The molecule has 1 unspecified atom stereocenters. The zero-order valence-corrected chi connectivity index (χ0v) is 11.6. The molecule has 0 saturated heterocycles. The summed E-state index contributed by atoms with van der Waals surface area (Å²) in [7, 11) is 0. The largest absolute Gasteiger partial charge is 0.481 e. The van der Waals surface area contributed by atoms with E-state index in [0.29, 0.717) is 6.42 Å². The smallest absolute Gasteiger partial charge is 0.315 e. The second-order valence-electron chi connectivity index (χ2n) is 5.33. The third kappa shape index (κ3) is 3.98. The van der Waals surface area contributed by atoms with Crippen LogP contribution in [-0.4, -0.2) is 29.2 Å². The van der Waals surface area contributed by atoms with E-state index in [1.54, 1.807) is 0 Å². The van der Waals surface area contributed by atoms with Gasteiger partial charge in [0, 0.05) is 18.5 Å². The highest BCUT2D eigenvalue weighted by molar-refractivity contribution is 5.75. The maximum atomic E-state index is 11.8. The fraction of sp³-hybridized carbons (Fsp3) is 0.467. The van der Waals surface area contributed by atoms with Crippen LogP contribution in [0.3, 0.4) is 0 Å². The number of urea groups is 1. The minimum atomic E-state index is -0.842. The number of rotatable bonds is 5. The Morgan fingerprint density at radius 1 is 1.30 bits per heavy atom. The molecule has 1 atom stereocenters. The quantitative estimate of drug-likeness (QED) is 0.766. The zero-order valence-electron chi connectivity index (χ0n) is 11.6. The molecule has 0 bridgehead atoms. The van der Waals surface area contributed by atoms with Crippen molar-refractivity contribution in [3.05, 3.63) is 35.4 Å². The molecule has 0 radical (unpaired) electrons. The molecule has 0 aromatic heterocycles. The average molecular weight is 276 g/mol. The number of carboxylic acid groups (broad SMARTS) is 1. The lowest BCUT2D eigenvalue weighted by atomic mass is 10.1. The van der Waals surface area contributed by atoms with Crippen molar-refractivity contribution in [2.45, 2.75) is 44.7 Å². The lowest BCUT2D eigenvalue weighted by Gasteiger charge is -2.17. The zero-order chi connectivity index (χ0) is 14.5. The molecular formula is C15H20N2O3. The summed E-state index contributed by atoms with van der Waals surface area (Å²) in [6.45, 7) is 1.81. The number of amides is 2. The number of carbonyl (C=O) groups is 2. The van der Waals surface area contributed by atoms with Gasteiger partial charge in [0.05, 0.1) is 0 Å². The van der Waals surface area contributed by atoms with Crippen molar-refractivity contribution in [3.8, 4) is 0 Å². The highest BCUT2D eigenvalue weighted by Gasteiger charge is 2.22. The SMILES string of the molecule is CC(CCC(=O)O)NC(=O)NC1Cc2ccccc2C1. The molecule has 3 N–H and O–H groups in total. The Morgan fingerprint density at radius 3 is 2.45 bits per heavy atom. The first-order valence-electron chi connectivity index (χ1n) is 6.90. The number of carboxylic acids is 1. The number of aliphatic carboxylic acids is 1. The van der Waals surface area contributed by atoms with Crippen molar-refractivity contribution in [2.75, 3.05) is 0 Å². The van der Waals surface area contributed by atoms with Gasteiger partial charge in [0.1, 0.15) is 0 Å². The predicted molar refractivity (Wildman–Crippen MR) is 75.6 cm³/mol. The van der Waals surface area contributed by atoms with Crippen molar-refractivity contribution in [1.82, 2.24) is 10.6 Å². The van der Waals surface area contributed by atoms with Gasteiger partial charge in [0.15, 0.2) is 0 Å². The highest BCUT2D eigenvalue weighted by Crippen LogP contribution is 2.21. The molecular weight excluding hydrogens is 256 g/mol. The summed E-state index contributed by atoms with van der Waals surface area (Å²) in [5.74, 6) is -0.842. The van der Waals surface area contributed by atoms with E-state index in [2.05, 4.69) is 22.8 Å². The van der Waals surface area contributed by atoms with Crippen LogP contribution >= 0.6 is 0 Å². The first-order valence-corrected chi connectivity index (χ1v) is 6.90. The number of carbonyl (C=O) groups excluding carboxylic acids is 1. The standard InChI is InChI=1S/C15H20N2O3/c1-10(6-7-14(18)19)16-15(20)17-13-8-11-4-2-3-5-12(11)9-13/h2-5,10,13H,6-9H2,1H3,(H,18,19)(H2,16,17,20). The number of hydrogen-bond donors (Lipinski definition) is 3. The molecule has 2 rings (SSSR count). The molecule has 5 heteroatoms. The third-order valence-electron chi connectivity index (χ3n) is 3.55. The van der Waals surface area contributed by atoms with E-state index in [1.807, 2.05) is 19.1 Å². The van der Waals surface area contributed by atoms with Gasteiger partial charge < -0.3 is 15.7 Å². The fourth-order valence-corrected chi connectivity index (χ4v) is 2.52. The van der Waals surface area contributed by atoms with Crippen LogP contribution in [0.5, 0.6) is 0 Å². The molecule has 1 aliphatic carbocycles. The normalized spacial score (nSPS) is 15.4. The lowest BCUT2D eigenvalue weighted by molar-refractivity contribution is -0.137. The Labute approximate surface area is 118 Å². The summed E-state index contributed by atoms with van der Waals surface area (Å²) in [5.41, 5.74) is 2.58. The van der Waals surface area contributed by atoms with Gasteiger partial charge in [0.25, 0.3) is 0 Å². The van der Waals surface area contributed by atoms with Gasteiger partial charge in [-0.3, -0.25) is 4.79 Å². The van der Waals surface area contributed by atoms with Gasteiger partial charge in [-0.05, 0) is 37.3 Å². The lowest BCUT2D eigenvalue weighted by Crippen LogP contribution is -2.45. The Bertz CT molecular complexity index is 477. The molecule has 2 amide bonds. The molecule has 108 valence electrons. The van der Waals surface area contributed by atoms with Crippen LogP contribution < -0.4 is 10.6 Å². The van der Waals surface area contributed by atoms with Gasteiger partial charge in [-0.15, -0.1) is 0 Å². The summed E-state index contributed by atoms with van der Waals surface area (Å²) < 4.78 is 0. The number of fused-ring (bicyclic) bond motifs is 1. The van der Waals surface area contributed by atoms with Gasteiger partial charge >= 0.3 is 12.0 Å². The maximum absolute atomic E-state index is 11.8. The van der Waals surface area contributed by atoms with E-state index in [1.165, 1.54) is 11.1 Å². The van der Waals surface area contributed by atoms with Gasteiger partial charge in [0.2, 0.25) is 0 Å². The Hall–Kier alpha value is -2.04. The summed E-state index contributed by atoms with van der Waals surface area (Å²) in [5, 5.41) is 14.3. The van der Waals surface area contributed by atoms with Crippen LogP contribution in [0.15, 0.2) is 24.3 Å². The Kier molecular flexibility index (Phi) is 4.61. The van der Waals surface area contributed by atoms with Crippen LogP contribution in [0.1, 0.15) is 30.9 Å². The van der Waals surface area contributed by atoms with Crippen LogP contribution in [-0.2, 0) is 17.6 Å². The molecule has 0 spiro atoms. The molecule has 1 aromatic rings. The maximum Gasteiger partial charge on any atom is 0.315 e. The molecule has 0 aliphatic heterocycles. The van der Waals surface area contributed by atoms with Gasteiger partial charge in [-0.25, -0.2) is 4.79 Å². The molecule has 20 heavy (non-hydrogen) atoms. The second kappa shape index (κ2) is 6.41. The molecule has 1 aliphatic rings. The van der Waals surface area contributed by atoms with E-state index < -0.39 is 5.97 Å². The summed E-state index contributed by atoms with van der Waals surface area (Å²) in [6, 6.07) is 7.95. The highest BCUT2D eigenvalue weighted by atomic mass is 16.4. The Morgan fingerprint density at radius 2 is 1.90 bits per heavy atom. The number of benzene rings is 1. The first kappa shape index (κ1) is 14.4. The Balaban J connectivity index is 1.75. The van der Waals surface area contributed by atoms with Crippen LogP contribution in [0.25, 0.3) is 0 Å². The minimum Gasteiger partial charge on any atom is -0.481 e. The van der Waals surface area contributed by atoms with E-state index in [-0.39, 0.29) is 24.5 Å². The molecule has 0 fully saturated rings. The van der Waals surface area contributed by atoms with Crippen molar-refractivity contribution in [3.63, 3.8) is 0 Å². The van der Waals surface area contributed by atoms with E-state index in [0.717, 1.165) is 12.8 Å².